The first-order valence-electron chi connectivity index (χ1n) is 9.06. The number of rotatable bonds is 5. The van der Waals surface area contributed by atoms with Crippen LogP contribution in [0.25, 0.3) is 0 Å². The van der Waals surface area contributed by atoms with Crippen LogP contribution in [0.5, 0.6) is 0 Å². The van der Waals surface area contributed by atoms with Gasteiger partial charge in [-0.05, 0) is 74.6 Å². The van der Waals surface area contributed by atoms with E-state index in [1.54, 1.807) is 18.0 Å². The quantitative estimate of drug-likeness (QED) is 0.512. The predicted octanol–water partition coefficient (Wildman–Crippen LogP) is 5.86. The standard InChI is InChI=1S/C21H20ClN3OS2/c1-13(2)25-20(19(24-21(25)27)16-5-3-4-12-23-16)17-10-11-18(26-17)28-15-8-6-14(22)7-9-15/h3-13,19-20H,1-2H3,(H,24,27). The Hall–Kier alpha value is -2.02. The summed E-state index contributed by atoms with van der Waals surface area (Å²) in [4.78, 5) is 7.80. The Morgan fingerprint density at radius 3 is 2.61 bits per heavy atom. The maximum atomic E-state index is 6.24. The maximum Gasteiger partial charge on any atom is 0.170 e. The van der Waals surface area contributed by atoms with Crippen molar-refractivity contribution in [3.63, 3.8) is 0 Å². The molecular weight excluding hydrogens is 410 g/mol. The predicted molar refractivity (Wildman–Crippen MR) is 117 cm³/mol. The molecule has 1 aromatic carbocycles. The van der Waals surface area contributed by atoms with Crippen LogP contribution in [0.4, 0.5) is 0 Å². The van der Waals surface area contributed by atoms with Gasteiger partial charge in [-0.25, -0.2) is 0 Å². The molecule has 0 bridgehead atoms. The zero-order valence-corrected chi connectivity index (χ0v) is 17.9. The zero-order valence-electron chi connectivity index (χ0n) is 15.5. The molecule has 2 aromatic heterocycles. The number of halogens is 1. The summed E-state index contributed by atoms with van der Waals surface area (Å²) in [6, 6.07) is 17.8. The van der Waals surface area contributed by atoms with Crippen molar-refractivity contribution in [3.05, 3.63) is 77.3 Å². The Kier molecular flexibility index (Phi) is 5.62. The molecule has 0 saturated carbocycles. The number of furan rings is 1. The van der Waals surface area contributed by atoms with Gasteiger partial charge < -0.3 is 14.6 Å². The SMILES string of the molecule is CC(C)N1C(=S)NC(c2ccccn2)C1c1ccc(Sc2ccc(Cl)cc2)o1. The summed E-state index contributed by atoms with van der Waals surface area (Å²) in [5.41, 5.74) is 0.946. The van der Waals surface area contributed by atoms with Gasteiger partial charge in [0.15, 0.2) is 10.2 Å². The molecule has 4 rings (SSSR count). The van der Waals surface area contributed by atoms with Gasteiger partial charge in [0.05, 0.1) is 11.7 Å². The number of aromatic nitrogens is 1. The van der Waals surface area contributed by atoms with Crippen LogP contribution in [-0.4, -0.2) is 21.0 Å². The summed E-state index contributed by atoms with van der Waals surface area (Å²) in [6.07, 6.45) is 1.80. The molecule has 0 spiro atoms. The highest BCUT2D eigenvalue weighted by atomic mass is 35.5. The Morgan fingerprint density at radius 2 is 1.93 bits per heavy atom. The van der Waals surface area contributed by atoms with Gasteiger partial charge in [0.25, 0.3) is 0 Å². The molecule has 1 fully saturated rings. The fourth-order valence-corrected chi connectivity index (χ4v) is 4.75. The van der Waals surface area contributed by atoms with Crippen LogP contribution in [0.3, 0.4) is 0 Å². The molecule has 1 aliphatic rings. The molecule has 0 amide bonds. The topological polar surface area (TPSA) is 41.3 Å². The smallest absolute Gasteiger partial charge is 0.170 e. The number of hydrogen-bond acceptors (Lipinski definition) is 4. The van der Waals surface area contributed by atoms with Crippen LogP contribution < -0.4 is 5.32 Å². The van der Waals surface area contributed by atoms with Crippen molar-refractivity contribution in [3.8, 4) is 0 Å². The average Bonchev–Trinajstić information content (AvgIpc) is 3.28. The van der Waals surface area contributed by atoms with Gasteiger partial charge in [-0.1, -0.05) is 29.4 Å². The molecule has 0 radical (unpaired) electrons. The minimum atomic E-state index is -0.0596. The number of pyridine rings is 1. The van der Waals surface area contributed by atoms with Crippen molar-refractivity contribution < 1.29 is 4.42 Å². The van der Waals surface area contributed by atoms with E-state index < -0.39 is 0 Å². The molecule has 4 nitrogen and oxygen atoms in total. The highest BCUT2D eigenvalue weighted by Crippen LogP contribution is 2.42. The van der Waals surface area contributed by atoms with Crippen molar-refractivity contribution in [2.75, 3.05) is 0 Å². The molecule has 1 aliphatic heterocycles. The van der Waals surface area contributed by atoms with Gasteiger partial charge >= 0.3 is 0 Å². The van der Waals surface area contributed by atoms with E-state index in [4.69, 9.17) is 28.2 Å². The minimum Gasteiger partial charge on any atom is -0.452 e. The van der Waals surface area contributed by atoms with E-state index in [9.17, 15) is 0 Å². The van der Waals surface area contributed by atoms with Crippen LogP contribution in [0.15, 0.2) is 75.2 Å². The maximum absolute atomic E-state index is 6.24. The zero-order chi connectivity index (χ0) is 19.7. The van der Waals surface area contributed by atoms with E-state index in [1.165, 1.54) is 0 Å². The number of benzene rings is 1. The highest BCUT2D eigenvalue weighted by Gasteiger charge is 2.42. The second-order valence-corrected chi connectivity index (χ2v) is 8.74. The molecule has 144 valence electrons. The normalized spacial score (nSPS) is 19.3. The fraction of sp³-hybridized carbons (Fsp3) is 0.238. The highest BCUT2D eigenvalue weighted by molar-refractivity contribution is 7.99. The van der Waals surface area contributed by atoms with E-state index in [-0.39, 0.29) is 18.1 Å². The first-order valence-corrected chi connectivity index (χ1v) is 10.7. The Morgan fingerprint density at radius 1 is 1.14 bits per heavy atom. The van der Waals surface area contributed by atoms with E-state index in [0.717, 1.165) is 31.6 Å². The molecule has 28 heavy (non-hydrogen) atoms. The van der Waals surface area contributed by atoms with Gasteiger partial charge in [0, 0.05) is 22.2 Å². The lowest BCUT2D eigenvalue weighted by Crippen LogP contribution is -2.35. The molecular formula is C21H20ClN3OS2. The van der Waals surface area contributed by atoms with Gasteiger partial charge in [0.1, 0.15) is 11.8 Å². The van der Waals surface area contributed by atoms with Crippen molar-refractivity contribution in [2.24, 2.45) is 0 Å². The van der Waals surface area contributed by atoms with Crippen molar-refractivity contribution in [1.82, 2.24) is 15.2 Å². The molecule has 2 unspecified atom stereocenters. The first-order chi connectivity index (χ1) is 13.5. The lowest BCUT2D eigenvalue weighted by Gasteiger charge is -2.29. The van der Waals surface area contributed by atoms with E-state index >= 15 is 0 Å². The number of thiocarbonyl (C=S) groups is 1. The second-order valence-electron chi connectivity index (χ2n) is 6.84. The summed E-state index contributed by atoms with van der Waals surface area (Å²) in [6.45, 7) is 4.27. The third-order valence-corrected chi connectivity index (χ3v) is 6.13. The number of nitrogens with one attached hydrogen (secondary N) is 1. The van der Waals surface area contributed by atoms with E-state index in [0.29, 0.717) is 0 Å². The third kappa shape index (κ3) is 3.90. The monoisotopic (exact) mass is 429 g/mol. The Labute approximate surface area is 179 Å². The van der Waals surface area contributed by atoms with Crippen LogP contribution in [0, 0.1) is 0 Å². The number of hydrogen-bond donors (Lipinski definition) is 1. The lowest BCUT2D eigenvalue weighted by molar-refractivity contribution is 0.227. The fourth-order valence-electron chi connectivity index (χ4n) is 3.39. The summed E-state index contributed by atoms with van der Waals surface area (Å²) < 4.78 is 6.24. The van der Waals surface area contributed by atoms with Crippen LogP contribution >= 0.6 is 35.6 Å². The summed E-state index contributed by atoms with van der Waals surface area (Å²) in [5, 5.41) is 5.71. The van der Waals surface area contributed by atoms with Crippen LogP contribution in [0.2, 0.25) is 5.02 Å². The second kappa shape index (κ2) is 8.15. The Bertz CT molecular complexity index is 959. The van der Waals surface area contributed by atoms with Crippen molar-refractivity contribution in [1.29, 1.82) is 0 Å². The van der Waals surface area contributed by atoms with Gasteiger partial charge in [-0.2, -0.15) is 0 Å². The van der Waals surface area contributed by atoms with Crippen LogP contribution in [0.1, 0.15) is 37.4 Å². The molecule has 3 aromatic rings. The van der Waals surface area contributed by atoms with Gasteiger partial charge in [-0.3, -0.25) is 4.98 Å². The molecule has 2 atom stereocenters. The third-order valence-electron chi connectivity index (χ3n) is 4.62. The Balaban J connectivity index is 1.65. The van der Waals surface area contributed by atoms with Gasteiger partial charge in [0.2, 0.25) is 0 Å². The molecule has 0 aliphatic carbocycles. The largest absolute Gasteiger partial charge is 0.452 e. The molecule has 1 N–H and O–H groups in total. The number of nitrogens with zero attached hydrogens (tertiary/aromatic N) is 2. The summed E-state index contributed by atoms with van der Waals surface area (Å²) in [7, 11) is 0. The minimum absolute atomic E-state index is 0.0537. The summed E-state index contributed by atoms with van der Waals surface area (Å²) in [5.74, 6) is 0.869. The van der Waals surface area contributed by atoms with Gasteiger partial charge in [-0.15, -0.1) is 0 Å². The molecule has 7 heteroatoms. The van der Waals surface area contributed by atoms with E-state index in [1.807, 2.05) is 54.6 Å². The lowest BCUT2D eigenvalue weighted by atomic mass is 10.0. The van der Waals surface area contributed by atoms with Crippen molar-refractivity contribution in [2.45, 2.75) is 42.0 Å². The molecule has 1 saturated heterocycles. The average molecular weight is 430 g/mol. The van der Waals surface area contributed by atoms with Crippen LogP contribution in [-0.2, 0) is 0 Å². The first kappa shape index (κ1) is 19.3. The molecule has 3 heterocycles. The summed E-state index contributed by atoms with van der Waals surface area (Å²) >= 11 is 13.2. The van der Waals surface area contributed by atoms with E-state index in [2.05, 4.69) is 29.0 Å². The van der Waals surface area contributed by atoms with Crippen molar-refractivity contribution >= 4 is 40.7 Å².